The Morgan fingerprint density at radius 3 is 2.21 bits per heavy atom. The molecule has 0 aliphatic carbocycles. The largest absolute Gasteiger partial charge is 0.377 e. The first-order valence-electron chi connectivity index (χ1n) is 10.9. The number of hydrogen-bond acceptors (Lipinski definition) is 5. The van der Waals surface area contributed by atoms with E-state index in [0.29, 0.717) is 29.1 Å². The third kappa shape index (κ3) is 6.07. The van der Waals surface area contributed by atoms with E-state index in [1.54, 1.807) is 48.5 Å². The Labute approximate surface area is 198 Å². The highest BCUT2D eigenvalue weighted by Crippen LogP contribution is 2.18. The van der Waals surface area contributed by atoms with Crippen LogP contribution in [0.2, 0.25) is 0 Å². The van der Waals surface area contributed by atoms with E-state index in [2.05, 4.69) is 15.4 Å². The summed E-state index contributed by atoms with van der Waals surface area (Å²) in [6.45, 7) is 0.890. The summed E-state index contributed by atoms with van der Waals surface area (Å²) in [5, 5.41) is 5.51. The minimum Gasteiger partial charge on any atom is -0.377 e. The Morgan fingerprint density at radius 2 is 1.50 bits per heavy atom. The molecule has 1 fully saturated rings. The standard InChI is InChI=1S/C25H25N3O5S/c29-24(18-6-2-1-3-7-18)28-21-9-4-8-19(16-21)25(30)27-20-11-13-23(14-12-20)34(31,32)26-17-22-10-5-15-33-22/h1-4,6-9,11-14,16,22,26H,5,10,15,17H2,(H,27,30)(H,28,29)/t22-/m0/s1. The normalized spacial score (nSPS) is 15.6. The molecule has 0 saturated carbocycles. The van der Waals surface area contributed by atoms with Gasteiger partial charge in [-0.05, 0) is 67.4 Å². The molecule has 1 saturated heterocycles. The van der Waals surface area contributed by atoms with Gasteiger partial charge in [0.25, 0.3) is 11.8 Å². The lowest BCUT2D eigenvalue weighted by Gasteiger charge is -2.12. The van der Waals surface area contributed by atoms with Crippen LogP contribution < -0.4 is 15.4 Å². The van der Waals surface area contributed by atoms with E-state index in [-0.39, 0.29) is 29.4 Å². The van der Waals surface area contributed by atoms with Crippen LogP contribution in [-0.4, -0.2) is 39.5 Å². The SMILES string of the molecule is O=C(Nc1cccc(C(=O)Nc2ccc(S(=O)(=O)NC[C@@H]3CCCO3)cc2)c1)c1ccccc1. The van der Waals surface area contributed by atoms with Crippen molar-refractivity contribution in [3.63, 3.8) is 0 Å². The maximum absolute atomic E-state index is 12.7. The molecule has 176 valence electrons. The lowest BCUT2D eigenvalue weighted by molar-refractivity contribution is 0.101. The first kappa shape index (κ1) is 23.6. The number of carbonyl (C=O) groups is 2. The first-order valence-corrected chi connectivity index (χ1v) is 12.4. The van der Waals surface area contributed by atoms with Crippen LogP contribution in [0.15, 0.2) is 83.8 Å². The maximum Gasteiger partial charge on any atom is 0.255 e. The molecule has 1 aliphatic heterocycles. The highest BCUT2D eigenvalue weighted by atomic mass is 32.2. The Kier molecular flexibility index (Phi) is 7.36. The summed E-state index contributed by atoms with van der Waals surface area (Å²) >= 11 is 0. The smallest absolute Gasteiger partial charge is 0.255 e. The second-order valence-corrected chi connectivity index (χ2v) is 9.63. The molecule has 1 heterocycles. The van der Waals surface area contributed by atoms with E-state index < -0.39 is 10.0 Å². The molecule has 8 nitrogen and oxygen atoms in total. The molecule has 34 heavy (non-hydrogen) atoms. The van der Waals surface area contributed by atoms with Gasteiger partial charge in [0.15, 0.2) is 0 Å². The van der Waals surface area contributed by atoms with Crippen molar-refractivity contribution in [3.05, 3.63) is 90.0 Å². The maximum atomic E-state index is 12.7. The van der Waals surface area contributed by atoms with Crippen molar-refractivity contribution >= 4 is 33.2 Å². The Balaban J connectivity index is 1.37. The van der Waals surface area contributed by atoms with Crippen LogP contribution in [0.4, 0.5) is 11.4 Å². The van der Waals surface area contributed by atoms with Crippen molar-refractivity contribution in [1.82, 2.24) is 4.72 Å². The summed E-state index contributed by atoms with van der Waals surface area (Å²) in [7, 11) is -3.67. The van der Waals surface area contributed by atoms with Gasteiger partial charge in [0.05, 0.1) is 11.0 Å². The average molecular weight is 480 g/mol. The highest BCUT2D eigenvalue weighted by Gasteiger charge is 2.20. The van der Waals surface area contributed by atoms with Crippen LogP contribution in [0.3, 0.4) is 0 Å². The van der Waals surface area contributed by atoms with Crippen molar-refractivity contribution in [1.29, 1.82) is 0 Å². The molecule has 0 spiro atoms. The van der Waals surface area contributed by atoms with Crippen molar-refractivity contribution in [2.24, 2.45) is 0 Å². The molecule has 2 amide bonds. The quantitative estimate of drug-likeness (QED) is 0.456. The van der Waals surface area contributed by atoms with Gasteiger partial charge in [-0.3, -0.25) is 9.59 Å². The van der Waals surface area contributed by atoms with Crippen LogP contribution in [0.25, 0.3) is 0 Å². The summed E-state index contributed by atoms with van der Waals surface area (Å²) < 4.78 is 33.0. The van der Waals surface area contributed by atoms with Gasteiger partial charge in [0.1, 0.15) is 0 Å². The van der Waals surface area contributed by atoms with Gasteiger partial charge < -0.3 is 15.4 Å². The van der Waals surface area contributed by atoms with Gasteiger partial charge in [0, 0.05) is 35.7 Å². The predicted molar refractivity (Wildman–Crippen MR) is 129 cm³/mol. The summed E-state index contributed by atoms with van der Waals surface area (Å²) in [4.78, 5) is 25.1. The molecule has 3 N–H and O–H groups in total. The topological polar surface area (TPSA) is 114 Å². The highest BCUT2D eigenvalue weighted by molar-refractivity contribution is 7.89. The molecule has 9 heteroatoms. The van der Waals surface area contributed by atoms with E-state index >= 15 is 0 Å². The zero-order valence-electron chi connectivity index (χ0n) is 18.4. The number of carbonyl (C=O) groups excluding carboxylic acids is 2. The van der Waals surface area contributed by atoms with Gasteiger partial charge >= 0.3 is 0 Å². The minimum atomic E-state index is -3.67. The summed E-state index contributed by atoms with van der Waals surface area (Å²) in [5.41, 5.74) is 1.79. The van der Waals surface area contributed by atoms with Crippen LogP contribution in [-0.2, 0) is 14.8 Å². The number of sulfonamides is 1. The van der Waals surface area contributed by atoms with E-state index in [9.17, 15) is 18.0 Å². The molecule has 3 aromatic rings. The van der Waals surface area contributed by atoms with Gasteiger partial charge in [-0.1, -0.05) is 24.3 Å². The summed E-state index contributed by atoms with van der Waals surface area (Å²) in [6, 6.07) is 21.3. The lowest BCUT2D eigenvalue weighted by atomic mass is 10.1. The van der Waals surface area contributed by atoms with Crippen LogP contribution in [0.5, 0.6) is 0 Å². The zero-order valence-corrected chi connectivity index (χ0v) is 19.2. The van der Waals surface area contributed by atoms with Crippen molar-refractivity contribution < 1.29 is 22.7 Å². The molecule has 0 bridgehead atoms. The molecule has 3 aromatic carbocycles. The molecular weight excluding hydrogens is 454 g/mol. The fourth-order valence-electron chi connectivity index (χ4n) is 3.54. The molecular formula is C25H25N3O5S. The minimum absolute atomic E-state index is 0.0958. The molecule has 0 aromatic heterocycles. The second kappa shape index (κ2) is 10.6. The summed E-state index contributed by atoms with van der Waals surface area (Å²) in [5.74, 6) is -0.661. The van der Waals surface area contributed by atoms with Crippen molar-refractivity contribution in [3.8, 4) is 0 Å². The summed E-state index contributed by atoms with van der Waals surface area (Å²) in [6.07, 6.45) is 1.68. The van der Waals surface area contributed by atoms with E-state index in [4.69, 9.17) is 4.74 Å². The Hall–Kier alpha value is -3.53. The average Bonchev–Trinajstić information content (AvgIpc) is 3.38. The predicted octanol–water partition coefficient (Wildman–Crippen LogP) is 3.65. The van der Waals surface area contributed by atoms with Crippen LogP contribution >= 0.6 is 0 Å². The van der Waals surface area contributed by atoms with Gasteiger partial charge in [0.2, 0.25) is 10.0 Å². The van der Waals surface area contributed by atoms with Crippen molar-refractivity contribution in [2.45, 2.75) is 23.8 Å². The number of nitrogens with one attached hydrogen (secondary N) is 3. The van der Waals surface area contributed by atoms with E-state index in [1.807, 2.05) is 6.07 Å². The number of rotatable bonds is 8. The molecule has 1 aliphatic rings. The first-order chi connectivity index (χ1) is 16.4. The van der Waals surface area contributed by atoms with Gasteiger partial charge in [-0.25, -0.2) is 13.1 Å². The number of benzene rings is 3. The molecule has 4 rings (SSSR count). The molecule has 0 radical (unpaired) electrons. The van der Waals surface area contributed by atoms with Crippen LogP contribution in [0.1, 0.15) is 33.6 Å². The zero-order chi connectivity index (χ0) is 24.0. The molecule has 1 atom stereocenters. The van der Waals surface area contributed by atoms with Gasteiger partial charge in [-0.15, -0.1) is 0 Å². The number of anilines is 2. The third-order valence-corrected chi connectivity index (χ3v) is 6.81. The Bertz CT molecular complexity index is 1260. The van der Waals surface area contributed by atoms with E-state index in [1.165, 1.54) is 24.3 Å². The number of hydrogen-bond donors (Lipinski definition) is 3. The second-order valence-electron chi connectivity index (χ2n) is 7.87. The molecule has 0 unspecified atom stereocenters. The Morgan fingerprint density at radius 1 is 0.824 bits per heavy atom. The lowest BCUT2D eigenvalue weighted by Crippen LogP contribution is -2.31. The van der Waals surface area contributed by atoms with Crippen LogP contribution in [0, 0.1) is 0 Å². The van der Waals surface area contributed by atoms with E-state index in [0.717, 1.165) is 12.8 Å². The fraction of sp³-hybridized carbons (Fsp3) is 0.200. The fourth-order valence-corrected chi connectivity index (χ4v) is 4.61. The van der Waals surface area contributed by atoms with Gasteiger partial charge in [-0.2, -0.15) is 0 Å². The number of amides is 2. The number of ether oxygens (including phenoxy) is 1. The third-order valence-electron chi connectivity index (χ3n) is 5.37. The van der Waals surface area contributed by atoms with Crippen molar-refractivity contribution in [2.75, 3.05) is 23.8 Å². The monoisotopic (exact) mass is 479 g/mol.